The summed E-state index contributed by atoms with van der Waals surface area (Å²) in [4.78, 5) is 71.3. The second kappa shape index (κ2) is 4.29. The van der Waals surface area contributed by atoms with Crippen LogP contribution in [0, 0.1) is 10.8 Å². The lowest BCUT2D eigenvalue weighted by Gasteiger charge is -2.36. The highest BCUT2D eigenvalue weighted by Crippen LogP contribution is 2.52. The highest BCUT2D eigenvalue weighted by molar-refractivity contribution is 6.54. The van der Waals surface area contributed by atoms with E-state index < -0.39 is 52.0 Å². The van der Waals surface area contributed by atoms with Crippen molar-refractivity contribution in [2.75, 3.05) is 0 Å². The van der Waals surface area contributed by atoms with Crippen LogP contribution in [0.5, 0.6) is 0 Å². The molecule has 0 unspecified atom stereocenters. The van der Waals surface area contributed by atoms with E-state index >= 15 is 0 Å². The quantitative estimate of drug-likeness (QED) is 0.518. The Bertz CT molecular complexity index is 511. The van der Waals surface area contributed by atoms with Crippen molar-refractivity contribution in [2.45, 2.75) is 34.1 Å². The van der Waals surface area contributed by atoms with E-state index in [0.29, 0.717) is 0 Å². The summed E-state index contributed by atoms with van der Waals surface area (Å²) in [5, 5.41) is 0. The maximum Gasteiger partial charge on any atom is 0.220 e. The van der Waals surface area contributed by atoms with Crippen molar-refractivity contribution in [1.82, 2.24) is 0 Å². The predicted octanol–water partition coefficient (Wildman–Crippen LogP) is -0.143. The third kappa shape index (κ3) is 1.49. The lowest BCUT2D eigenvalue weighted by atomic mass is 9.57. The second-order valence-corrected chi connectivity index (χ2v) is 4.81. The lowest BCUT2D eigenvalue weighted by molar-refractivity contribution is -0.163. The molecule has 1 aliphatic rings. The van der Waals surface area contributed by atoms with Gasteiger partial charge in [-0.05, 0) is 27.7 Å². The molecule has 0 amide bonds. The number of hydrogen-bond donors (Lipinski definition) is 0. The van der Waals surface area contributed by atoms with Gasteiger partial charge >= 0.3 is 0 Å². The Morgan fingerprint density at radius 2 is 1.16 bits per heavy atom. The van der Waals surface area contributed by atoms with Gasteiger partial charge in [0.1, 0.15) is 17.0 Å². The summed E-state index contributed by atoms with van der Waals surface area (Å²) in [5.41, 5.74) is -4.67. The molecule has 1 fully saturated rings. The summed E-state index contributed by atoms with van der Waals surface area (Å²) < 4.78 is 0. The highest BCUT2D eigenvalue weighted by atomic mass is 16.2. The van der Waals surface area contributed by atoms with Crippen molar-refractivity contribution >= 4 is 34.7 Å². The van der Waals surface area contributed by atoms with Crippen molar-refractivity contribution in [3.8, 4) is 0 Å². The zero-order valence-electron chi connectivity index (χ0n) is 11.2. The van der Waals surface area contributed by atoms with Crippen LogP contribution in [0.25, 0.3) is 0 Å². The number of carbonyl (C=O) groups excluding carboxylic acids is 6. The molecule has 6 nitrogen and oxygen atoms in total. The largest absolute Gasteiger partial charge is 0.299 e. The first-order valence-electron chi connectivity index (χ1n) is 5.68. The molecule has 0 aliphatic heterocycles. The Morgan fingerprint density at radius 3 is 1.37 bits per heavy atom. The molecule has 0 N–H and O–H groups in total. The molecule has 6 heteroatoms. The van der Waals surface area contributed by atoms with Crippen LogP contribution < -0.4 is 0 Å². The summed E-state index contributed by atoms with van der Waals surface area (Å²) in [5.74, 6) is -5.80. The fourth-order valence-corrected chi connectivity index (χ4v) is 3.05. The third-order valence-corrected chi connectivity index (χ3v) is 3.92. The van der Waals surface area contributed by atoms with E-state index in [-0.39, 0.29) is 0 Å². The lowest BCUT2D eigenvalue weighted by Crippen LogP contribution is -2.58. The van der Waals surface area contributed by atoms with Crippen molar-refractivity contribution in [1.29, 1.82) is 0 Å². The Kier molecular flexibility index (Phi) is 3.41. The fourth-order valence-electron chi connectivity index (χ4n) is 3.05. The van der Waals surface area contributed by atoms with Crippen molar-refractivity contribution in [3.05, 3.63) is 0 Å². The van der Waals surface area contributed by atoms with Crippen LogP contribution in [-0.2, 0) is 28.8 Å². The molecule has 0 aromatic carbocycles. The van der Waals surface area contributed by atoms with E-state index in [4.69, 9.17) is 0 Å². The van der Waals surface area contributed by atoms with Crippen molar-refractivity contribution in [3.63, 3.8) is 0 Å². The minimum atomic E-state index is -2.48. The van der Waals surface area contributed by atoms with Crippen LogP contribution in [0.15, 0.2) is 0 Å². The Hall–Kier alpha value is -1.98. The highest BCUT2D eigenvalue weighted by Gasteiger charge is 2.74. The van der Waals surface area contributed by atoms with Gasteiger partial charge in [-0.1, -0.05) is 0 Å². The summed E-state index contributed by atoms with van der Waals surface area (Å²) in [7, 11) is 0. The zero-order valence-corrected chi connectivity index (χ0v) is 11.2. The molecule has 0 aromatic heterocycles. The van der Waals surface area contributed by atoms with Crippen LogP contribution in [-0.4, -0.2) is 34.7 Å². The Labute approximate surface area is 109 Å². The second-order valence-electron chi connectivity index (χ2n) is 4.81. The van der Waals surface area contributed by atoms with E-state index in [2.05, 4.69) is 0 Å². The van der Waals surface area contributed by atoms with Gasteiger partial charge in [0.15, 0.2) is 17.0 Å². The average molecular weight is 266 g/mol. The van der Waals surface area contributed by atoms with E-state index in [1.54, 1.807) is 0 Å². The molecular weight excluding hydrogens is 252 g/mol. The molecule has 0 bridgehead atoms. The molecule has 1 saturated carbocycles. The van der Waals surface area contributed by atoms with E-state index in [1.807, 2.05) is 0 Å². The SMILES string of the molecule is CC(=O)C1(C(C)=O)CC(=O)C(=O)C1(C(C)=O)C(C)=O. The number of ketones is 6. The Balaban J connectivity index is 3.89. The van der Waals surface area contributed by atoms with Gasteiger partial charge in [-0.25, -0.2) is 0 Å². The topological polar surface area (TPSA) is 102 Å². The monoisotopic (exact) mass is 266 g/mol. The maximum absolute atomic E-state index is 12.0. The molecule has 1 rings (SSSR count). The molecule has 19 heavy (non-hydrogen) atoms. The van der Waals surface area contributed by atoms with Crippen molar-refractivity contribution < 1.29 is 28.8 Å². The van der Waals surface area contributed by atoms with Gasteiger partial charge in [0.25, 0.3) is 0 Å². The molecule has 0 aromatic rings. The van der Waals surface area contributed by atoms with Gasteiger partial charge < -0.3 is 0 Å². The van der Waals surface area contributed by atoms with Crippen molar-refractivity contribution in [2.24, 2.45) is 10.8 Å². The van der Waals surface area contributed by atoms with Gasteiger partial charge in [0.05, 0.1) is 0 Å². The molecule has 1 aliphatic carbocycles. The van der Waals surface area contributed by atoms with E-state index in [0.717, 1.165) is 27.7 Å². The van der Waals surface area contributed by atoms with E-state index in [9.17, 15) is 28.8 Å². The van der Waals surface area contributed by atoms with Gasteiger partial charge in [0.2, 0.25) is 11.6 Å². The molecule has 102 valence electrons. The molecule has 0 radical (unpaired) electrons. The minimum absolute atomic E-state index is 0.713. The van der Waals surface area contributed by atoms with Crippen LogP contribution >= 0.6 is 0 Å². The van der Waals surface area contributed by atoms with E-state index in [1.165, 1.54) is 0 Å². The fraction of sp³-hybridized carbons (Fsp3) is 0.538. The standard InChI is InChI=1S/C13H14O6/c1-6(14)12(7(2)15)5-10(18)11(19)13(12,8(3)16)9(4)17/h5H2,1-4H3. The summed E-state index contributed by atoms with van der Waals surface area (Å²) in [6.45, 7) is 3.90. The zero-order chi connectivity index (χ0) is 15.2. The number of rotatable bonds is 4. The van der Waals surface area contributed by atoms with Crippen LogP contribution in [0.1, 0.15) is 34.1 Å². The third-order valence-electron chi connectivity index (χ3n) is 3.92. The first-order chi connectivity index (χ1) is 8.56. The predicted molar refractivity (Wildman–Crippen MR) is 62.2 cm³/mol. The Morgan fingerprint density at radius 1 is 0.789 bits per heavy atom. The summed E-state index contributed by atoms with van der Waals surface area (Å²) in [6.07, 6.45) is -0.713. The number of hydrogen-bond acceptors (Lipinski definition) is 6. The van der Waals surface area contributed by atoms with Gasteiger partial charge in [-0.15, -0.1) is 0 Å². The van der Waals surface area contributed by atoms with Gasteiger partial charge in [-0.3, -0.25) is 28.8 Å². The molecule has 0 saturated heterocycles. The first kappa shape index (κ1) is 15.1. The maximum atomic E-state index is 12.0. The minimum Gasteiger partial charge on any atom is -0.299 e. The molecular formula is C13H14O6. The van der Waals surface area contributed by atoms with Gasteiger partial charge in [0, 0.05) is 6.42 Å². The van der Waals surface area contributed by atoms with Crippen LogP contribution in [0.2, 0.25) is 0 Å². The smallest absolute Gasteiger partial charge is 0.220 e. The first-order valence-corrected chi connectivity index (χ1v) is 5.68. The van der Waals surface area contributed by atoms with Crippen LogP contribution in [0.4, 0.5) is 0 Å². The van der Waals surface area contributed by atoms with Gasteiger partial charge in [-0.2, -0.15) is 0 Å². The normalized spacial score (nSPS) is 20.2. The van der Waals surface area contributed by atoms with Crippen LogP contribution in [0.3, 0.4) is 0 Å². The average Bonchev–Trinajstić information content (AvgIpc) is 2.49. The summed E-state index contributed by atoms with van der Waals surface area (Å²) >= 11 is 0. The summed E-state index contributed by atoms with van der Waals surface area (Å²) in [6, 6.07) is 0. The number of carbonyl (C=O) groups is 6. The molecule has 0 atom stereocenters. The molecule has 0 spiro atoms. The number of Topliss-reactive ketones (excluding diaryl/α,β-unsaturated/α-hetero) is 6. The molecule has 0 heterocycles.